The zero-order chi connectivity index (χ0) is 18.8. The van der Waals surface area contributed by atoms with Crippen molar-refractivity contribution in [2.45, 2.75) is 0 Å². The van der Waals surface area contributed by atoms with Gasteiger partial charge < -0.3 is 18.8 Å². The minimum absolute atomic E-state index is 0.744. The Morgan fingerprint density at radius 3 is 2.46 bits per heavy atom. The number of anilines is 1. The van der Waals surface area contributed by atoms with Crippen molar-refractivity contribution >= 4 is 28.0 Å². The average molecular weight is 372 g/mol. The zero-order valence-corrected chi connectivity index (χ0v) is 16.3. The van der Waals surface area contributed by atoms with E-state index in [2.05, 4.69) is 77.1 Å². The summed E-state index contributed by atoms with van der Waals surface area (Å²) in [6, 6.07) is 15.9. The van der Waals surface area contributed by atoms with Crippen LogP contribution in [-0.2, 0) is 7.05 Å². The molecule has 142 valence electrons. The molecular weight excluding hydrogens is 348 g/mol. The molecule has 28 heavy (non-hydrogen) atoms. The number of likely N-dealkylation sites (tertiary alicyclic amines) is 1. The number of nitrogens with zero attached hydrogens (tertiary/aromatic N) is 4. The van der Waals surface area contributed by atoms with Gasteiger partial charge in [0, 0.05) is 50.3 Å². The van der Waals surface area contributed by atoms with Crippen LogP contribution < -0.4 is 4.90 Å². The van der Waals surface area contributed by atoms with Crippen LogP contribution >= 0.6 is 0 Å². The summed E-state index contributed by atoms with van der Waals surface area (Å²) in [7, 11) is 4.30. The number of rotatable bonds is 2. The van der Waals surface area contributed by atoms with Crippen molar-refractivity contribution in [1.29, 1.82) is 0 Å². The van der Waals surface area contributed by atoms with E-state index in [4.69, 9.17) is 9.40 Å². The highest BCUT2D eigenvalue weighted by Crippen LogP contribution is 2.35. The fourth-order valence-corrected chi connectivity index (χ4v) is 5.08. The van der Waals surface area contributed by atoms with E-state index >= 15 is 0 Å². The van der Waals surface area contributed by atoms with Gasteiger partial charge in [0.15, 0.2) is 5.58 Å². The summed E-state index contributed by atoms with van der Waals surface area (Å²) in [6.07, 6.45) is 2.10. The topological polar surface area (TPSA) is 37.4 Å². The van der Waals surface area contributed by atoms with Crippen LogP contribution in [0.15, 0.2) is 53.1 Å². The van der Waals surface area contributed by atoms with Gasteiger partial charge in [0.05, 0.1) is 0 Å². The van der Waals surface area contributed by atoms with Crippen LogP contribution in [0, 0.1) is 11.8 Å². The standard InChI is InChI=1S/C23H24N4O/c1-25-11-18-13-27(14-19(18)12-25)23-24-20-10-16(4-6-22(20)28-23)15-3-5-21-17(9-15)7-8-26(21)2/h3-10,18-19H,11-14H2,1-2H3. The first-order valence-corrected chi connectivity index (χ1v) is 10.0. The molecule has 0 radical (unpaired) electrons. The molecule has 2 fully saturated rings. The highest BCUT2D eigenvalue weighted by atomic mass is 16.4. The summed E-state index contributed by atoms with van der Waals surface area (Å²) >= 11 is 0. The molecule has 5 nitrogen and oxygen atoms in total. The zero-order valence-electron chi connectivity index (χ0n) is 16.3. The maximum absolute atomic E-state index is 6.11. The van der Waals surface area contributed by atoms with Gasteiger partial charge in [-0.15, -0.1) is 0 Å². The molecule has 0 bridgehead atoms. The predicted octanol–water partition coefficient (Wildman–Crippen LogP) is 3.98. The van der Waals surface area contributed by atoms with Crippen molar-refractivity contribution in [3.8, 4) is 11.1 Å². The third-order valence-electron chi connectivity index (χ3n) is 6.53. The lowest BCUT2D eigenvalue weighted by Gasteiger charge is -2.16. The van der Waals surface area contributed by atoms with Gasteiger partial charge in [0.25, 0.3) is 6.01 Å². The molecule has 5 heteroatoms. The van der Waals surface area contributed by atoms with Gasteiger partial charge in [0.1, 0.15) is 5.52 Å². The van der Waals surface area contributed by atoms with Crippen molar-refractivity contribution in [1.82, 2.24) is 14.5 Å². The Kier molecular flexibility index (Phi) is 3.38. The van der Waals surface area contributed by atoms with Crippen molar-refractivity contribution in [2.75, 3.05) is 38.1 Å². The Hall–Kier alpha value is -2.79. The quantitative estimate of drug-likeness (QED) is 0.533. The van der Waals surface area contributed by atoms with Gasteiger partial charge >= 0.3 is 0 Å². The van der Waals surface area contributed by atoms with Crippen LogP contribution in [0.3, 0.4) is 0 Å². The maximum atomic E-state index is 6.11. The molecule has 2 atom stereocenters. The fourth-order valence-electron chi connectivity index (χ4n) is 5.08. The van der Waals surface area contributed by atoms with E-state index in [9.17, 15) is 0 Å². The number of benzene rings is 2. The third-order valence-corrected chi connectivity index (χ3v) is 6.53. The Balaban J connectivity index is 1.32. The van der Waals surface area contributed by atoms with E-state index in [-0.39, 0.29) is 0 Å². The summed E-state index contributed by atoms with van der Waals surface area (Å²) in [5.74, 6) is 1.49. The minimum atomic E-state index is 0.744. The van der Waals surface area contributed by atoms with E-state index in [0.29, 0.717) is 0 Å². The van der Waals surface area contributed by atoms with Crippen LogP contribution in [0.25, 0.3) is 33.1 Å². The van der Waals surface area contributed by atoms with Crippen molar-refractivity contribution in [3.05, 3.63) is 48.7 Å². The molecule has 4 heterocycles. The Bertz CT molecular complexity index is 1180. The molecule has 0 saturated carbocycles. The average Bonchev–Trinajstić information content (AvgIpc) is 3.43. The third kappa shape index (κ3) is 2.46. The number of fused-ring (bicyclic) bond motifs is 3. The smallest absolute Gasteiger partial charge is 0.298 e. The summed E-state index contributed by atoms with van der Waals surface area (Å²) in [4.78, 5) is 9.61. The molecule has 4 aromatic rings. The fraction of sp³-hybridized carbons (Fsp3) is 0.348. The lowest BCUT2D eigenvalue weighted by atomic mass is 10.0. The second-order valence-electron chi connectivity index (χ2n) is 8.53. The molecule has 0 amide bonds. The highest BCUT2D eigenvalue weighted by molar-refractivity contribution is 5.88. The first-order chi connectivity index (χ1) is 13.6. The van der Waals surface area contributed by atoms with E-state index in [1.54, 1.807) is 0 Å². The van der Waals surface area contributed by atoms with Crippen LogP contribution in [0.5, 0.6) is 0 Å². The molecule has 2 unspecified atom stereocenters. The summed E-state index contributed by atoms with van der Waals surface area (Å²) in [6.45, 7) is 4.49. The largest absolute Gasteiger partial charge is 0.423 e. The second-order valence-corrected chi connectivity index (χ2v) is 8.53. The molecule has 6 rings (SSSR count). The number of aromatic nitrogens is 2. The molecule has 2 saturated heterocycles. The summed E-state index contributed by atoms with van der Waals surface area (Å²) in [5.41, 5.74) is 5.45. The number of hydrogen-bond donors (Lipinski definition) is 0. The van der Waals surface area contributed by atoms with Gasteiger partial charge in [-0.05, 0) is 60.3 Å². The number of hydrogen-bond acceptors (Lipinski definition) is 4. The summed E-state index contributed by atoms with van der Waals surface area (Å²) in [5, 5.41) is 1.26. The van der Waals surface area contributed by atoms with E-state index in [0.717, 1.165) is 42.0 Å². The predicted molar refractivity (Wildman–Crippen MR) is 113 cm³/mol. The molecule has 0 aliphatic carbocycles. The van der Waals surface area contributed by atoms with Crippen molar-refractivity contribution in [3.63, 3.8) is 0 Å². The van der Waals surface area contributed by atoms with Crippen molar-refractivity contribution in [2.24, 2.45) is 18.9 Å². The highest BCUT2D eigenvalue weighted by Gasteiger charge is 2.40. The first-order valence-electron chi connectivity index (χ1n) is 10.0. The van der Waals surface area contributed by atoms with Crippen LogP contribution in [0.1, 0.15) is 0 Å². The van der Waals surface area contributed by atoms with Crippen molar-refractivity contribution < 1.29 is 4.42 Å². The molecule has 0 N–H and O–H groups in total. The number of aryl methyl sites for hydroxylation is 1. The monoisotopic (exact) mass is 372 g/mol. The Morgan fingerprint density at radius 2 is 1.64 bits per heavy atom. The Morgan fingerprint density at radius 1 is 0.893 bits per heavy atom. The van der Waals surface area contributed by atoms with Gasteiger partial charge in [0.2, 0.25) is 0 Å². The van der Waals surface area contributed by atoms with Crippen LogP contribution in [0.2, 0.25) is 0 Å². The molecule has 2 aliphatic rings. The molecular formula is C23H24N4O. The van der Waals surface area contributed by atoms with Gasteiger partial charge in [-0.3, -0.25) is 0 Å². The second kappa shape index (κ2) is 5.85. The van der Waals surface area contributed by atoms with E-state index in [1.807, 2.05) is 0 Å². The normalized spacial score (nSPS) is 22.6. The van der Waals surface area contributed by atoms with Gasteiger partial charge in [-0.1, -0.05) is 12.1 Å². The lowest BCUT2D eigenvalue weighted by Crippen LogP contribution is -2.26. The molecule has 2 aromatic carbocycles. The van der Waals surface area contributed by atoms with Gasteiger partial charge in [-0.2, -0.15) is 4.98 Å². The molecule has 0 spiro atoms. The van der Waals surface area contributed by atoms with Crippen LogP contribution in [-0.4, -0.2) is 47.7 Å². The van der Waals surface area contributed by atoms with E-state index < -0.39 is 0 Å². The van der Waals surface area contributed by atoms with Crippen LogP contribution in [0.4, 0.5) is 6.01 Å². The molecule has 2 aliphatic heterocycles. The minimum Gasteiger partial charge on any atom is -0.423 e. The SMILES string of the molecule is CN1CC2CN(c3nc4cc(-c5ccc6c(ccn6C)c5)ccc4o3)CC2C1. The molecule has 2 aromatic heterocycles. The summed E-state index contributed by atoms with van der Waals surface area (Å²) < 4.78 is 8.25. The van der Waals surface area contributed by atoms with E-state index in [1.165, 1.54) is 35.1 Å². The lowest BCUT2D eigenvalue weighted by molar-refractivity contribution is 0.384. The maximum Gasteiger partial charge on any atom is 0.298 e. The Labute approximate surface area is 164 Å². The first kappa shape index (κ1) is 16.2. The van der Waals surface area contributed by atoms with Gasteiger partial charge in [-0.25, -0.2) is 0 Å². The number of oxazole rings is 1.